The maximum Gasteiger partial charge on any atom is 0 e. The predicted molar refractivity (Wildman–Crippen MR) is 28.2 cm³/mol. The summed E-state index contributed by atoms with van der Waals surface area (Å²) in [6.07, 6.45) is 0.954. The molecule has 0 atom stereocenters. The number of rotatable bonds is 3. The summed E-state index contributed by atoms with van der Waals surface area (Å²) in [5.41, 5.74) is 0. The Morgan fingerprint density at radius 1 is 1.29 bits per heavy atom. The van der Waals surface area contributed by atoms with Gasteiger partial charge in [-0.1, -0.05) is 0 Å². The van der Waals surface area contributed by atoms with Crippen molar-refractivity contribution in [3.05, 3.63) is 13.8 Å². The van der Waals surface area contributed by atoms with Gasteiger partial charge in [0, 0.05) is 32.7 Å². The standard InChI is InChI=1S/C5H11N.Y/c1-3-5-6-4-2;/h6H,1-5H2;/q-2;. The van der Waals surface area contributed by atoms with Gasteiger partial charge in [-0.05, 0) is 6.54 Å². The molecule has 0 aromatic heterocycles. The van der Waals surface area contributed by atoms with E-state index in [1.54, 1.807) is 0 Å². The third-order valence-electron chi connectivity index (χ3n) is 0.530. The molecule has 1 radical (unpaired) electrons. The van der Waals surface area contributed by atoms with Crippen molar-refractivity contribution in [1.82, 2.24) is 5.32 Å². The predicted octanol–water partition coefficient (Wildman–Crippen LogP) is 0.632. The van der Waals surface area contributed by atoms with Crippen LogP contribution in [0.2, 0.25) is 0 Å². The Hall–Kier alpha value is 1.06. The van der Waals surface area contributed by atoms with Crippen molar-refractivity contribution in [1.29, 1.82) is 0 Å². The topological polar surface area (TPSA) is 12.0 Å². The quantitative estimate of drug-likeness (QED) is 0.488. The van der Waals surface area contributed by atoms with Crippen LogP contribution < -0.4 is 5.32 Å². The van der Waals surface area contributed by atoms with Gasteiger partial charge < -0.3 is 19.2 Å². The van der Waals surface area contributed by atoms with Crippen LogP contribution in [0.4, 0.5) is 0 Å². The average molecular weight is 174 g/mol. The zero-order valence-corrected chi connectivity index (χ0v) is 7.45. The molecule has 0 aliphatic carbocycles. The summed E-state index contributed by atoms with van der Waals surface area (Å²) in [4.78, 5) is 0. The minimum absolute atomic E-state index is 0. The van der Waals surface area contributed by atoms with E-state index in [4.69, 9.17) is 0 Å². The van der Waals surface area contributed by atoms with E-state index in [2.05, 4.69) is 19.2 Å². The van der Waals surface area contributed by atoms with Crippen molar-refractivity contribution in [3.63, 3.8) is 0 Å². The molecule has 0 fully saturated rings. The fraction of sp³-hybridized carbons (Fsp3) is 0.600. The molecule has 7 heavy (non-hydrogen) atoms. The molecule has 0 bridgehead atoms. The maximum absolute atomic E-state index is 3.63. The summed E-state index contributed by atoms with van der Waals surface area (Å²) >= 11 is 0. The molecule has 0 aromatic carbocycles. The summed E-state index contributed by atoms with van der Waals surface area (Å²) in [5.74, 6) is 0. The summed E-state index contributed by atoms with van der Waals surface area (Å²) in [6.45, 7) is 9.02. The minimum Gasteiger partial charge on any atom is -0.349 e. The van der Waals surface area contributed by atoms with E-state index in [1.807, 2.05) is 0 Å². The Balaban J connectivity index is 0. The van der Waals surface area contributed by atoms with Crippen LogP contribution >= 0.6 is 0 Å². The first-order chi connectivity index (χ1) is 2.91. The second-order valence-electron chi connectivity index (χ2n) is 1.10. The Labute approximate surface area is 71.1 Å². The van der Waals surface area contributed by atoms with Crippen molar-refractivity contribution in [3.8, 4) is 0 Å². The molecule has 0 spiro atoms. The second-order valence-corrected chi connectivity index (χ2v) is 1.10. The van der Waals surface area contributed by atoms with Crippen molar-refractivity contribution >= 4 is 0 Å². The molecule has 0 saturated carbocycles. The van der Waals surface area contributed by atoms with Crippen LogP contribution in [0.25, 0.3) is 0 Å². The summed E-state index contributed by atoms with van der Waals surface area (Å²) < 4.78 is 0. The van der Waals surface area contributed by atoms with Gasteiger partial charge in [0.15, 0.2) is 0 Å². The monoisotopic (exact) mass is 174 g/mol. The molecule has 2 heteroatoms. The van der Waals surface area contributed by atoms with Crippen LogP contribution in [-0.2, 0) is 32.7 Å². The van der Waals surface area contributed by atoms with Crippen molar-refractivity contribution in [2.75, 3.05) is 13.1 Å². The fourth-order valence-corrected chi connectivity index (χ4v) is 0.250. The van der Waals surface area contributed by atoms with E-state index < -0.39 is 0 Å². The second kappa shape index (κ2) is 10.1. The first-order valence-electron chi connectivity index (χ1n) is 2.21. The van der Waals surface area contributed by atoms with Crippen molar-refractivity contribution in [2.24, 2.45) is 0 Å². The van der Waals surface area contributed by atoms with Gasteiger partial charge in [-0.15, -0.1) is 6.54 Å². The van der Waals surface area contributed by atoms with Gasteiger partial charge in [0.2, 0.25) is 0 Å². The van der Waals surface area contributed by atoms with Gasteiger partial charge in [-0.3, -0.25) is 0 Å². The van der Waals surface area contributed by atoms with Crippen molar-refractivity contribution < 1.29 is 32.7 Å². The van der Waals surface area contributed by atoms with Gasteiger partial charge in [-0.25, -0.2) is 0 Å². The molecule has 0 saturated heterocycles. The molecule has 0 unspecified atom stereocenters. The van der Waals surface area contributed by atoms with E-state index in [-0.39, 0.29) is 32.7 Å². The number of nitrogens with one attached hydrogen (secondary N) is 1. The van der Waals surface area contributed by atoms with Crippen molar-refractivity contribution in [2.45, 2.75) is 6.42 Å². The molecular weight excluding hydrogens is 163 g/mol. The molecule has 41 valence electrons. The first kappa shape index (κ1) is 10.9. The number of hydrogen-bond acceptors (Lipinski definition) is 1. The fourth-order valence-electron chi connectivity index (χ4n) is 0.250. The van der Waals surface area contributed by atoms with Crippen LogP contribution in [0.1, 0.15) is 6.42 Å². The SMILES string of the molecule is [CH2-]CCNC[CH2-].[Y]. The molecule has 0 rings (SSSR count). The van der Waals surface area contributed by atoms with E-state index in [1.165, 1.54) is 0 Å². The minimum atomic E-state index is 0. The maximum atomic E-state index is 3.63. The smallest absolute Gasteiger partial charge is 0 e. The van der Waals surface area contributed by atoms with Crippen LogP contribution in [0.15, 0.2) is 0 Å². The summed E-state index contributed by atoms with van der Waals surface area (Å²) in [7, 11) is 0. The Morgan fingerprint density at radius 3 is 2.00 bits per heavy atom. The molecule has 1 N–H and O–H groups in total. The summed E-state index contributed by atoms with van der Waals surface area (Å²) in [6, 6.07) is 0. The zero-order valence-electron chi connectivity index (χ0n) is 4.61. The van der Waals surface area contributed by atoms with E-state index in [0.29, 0.717) is 0 Å². The Kier molecular flexibility index (Phi) is 15.8. The third-order valence-corrected chi connectivity index (χ3v) is 0.530. The molecule has 0 aliphatic heterocycles. The molecule has 0 aliphatic rings. The third kappa shape index (κ3) is 11.0. The summed E-state index contributed by atoms with van der Waals surface area (Å²) in [5, 5.41) is 3.02. The van der Waals surface area contributed by atoms with Gasteiger partial charge in [0.25, 0.3) is 0 Å². The molecule has 0 amide bonds. The molecular formula is C5H11NY-2. The van der Waals surface area contributed by atoms with Crippen LogP contribution in [-0.4, -0.2) is 13.1 Å². The molecule has 1 nitrogen and oxygen atoms in total. The number of hydrogen-bond donors (Lipinski definition) is 1. The largest absolute Gasteiger partial charge is 0.349 e. The van der Waals surface area contributed by atoms with E-state index in [0.717, 1.165) is 19.5 Å². The Morgan fingerprint density at radius 2 is 1.86 bits per heavy atom. The Bertz CT molecular complexity index is 20.0. The van der Waals surface area contributed by atoms with E-state index >= 15 is 0 Å². The molecule has 0 heterocycles. The van der Waals surface area contributed by atoms with Crippen LogP contribution in [0.5, 0.6) is 0 Å². The van der Waals surface area contributed by atoms with Crippen LogP contribution in [0.3, 0.4) is 0 Å². The first-order valence-corrected chi connectivity index (χ1v) is 2.21. The van der Waals surface area contributed by atoms with E-state index in [9.17, 15) is 0 Å². The normalized spacial score (nSPS) is 7.71. The molecule has 0 aromatic rings. The van der Waals surface area contributed by atoms with Gasteiger partial charge >= 0.3 is 0 Å². The zero-order chi connectivity index (χ0) is 4.83. The average Bonchev–Trinajstić information content (AvgIpc) is 1.61. The van der Waals surface area contributed by atoms with Crippen LogP contribution in [0, 0.1) is 13.8 Å². The van der Waals surface area contributed by atoms with Gasteiger partial charge in [0.05, 0.1) is 0 Å². The van der Waals surface area contributed by atoms with Gasteiger partial charge in [-0.2, -0.15) is 6.42 Å². The van der Waals surface area contributed by atoms with Gasteiger partial charge in [0.1, 0.15) is 0 Å².